The summed E-state index contributed by atoms with van der Waals surface area (Å²) in [5.41, 5.74) is 8.65. The van der Waals surface area contributed by atoms with Crippen molar-refractivity contribution < 1.29 is 9.59 Å². The van der Waals surface area contributed by atoms with Gasteiger partial charge in [0.1, 0.15) is 0 Å². The molecule has 7 nitrogen and oxygen atoms in total. The van der Waals surface area contributed by atoms with Gasteiger partial charge in [-0.3, -0.25) is 14.6 Å². The van der Waals surface area contributed by atoms with Crippen LogP contribution in [0.15, 0.2) is 73.1 Å². The molecule has 156 valence electrons. The molecule has 0 unspecified atom stereocenters. The molecule has 2 aromatic carbocycles. The highest BCUT2D eigenvalue weighted by Crippen LogP contribution is 2.16. The van der Waals surface area contributed by atoms with Gasteiger partial charge in [-0.15, -0.1) is 0 Å². The van der Waals surface area contributed by atoms with Crippen molar-refractivity contribution in [2.75, 3.05) is 18.4 Å². The fourth-order valence-electron chi connectivity index (χ4n) is 3.07. The van der Waals surface area contributed by atoms with E-state index in [9.17, 15) is 9.59 Å². The maximum Gasteiger partial charge on any atom is 0.257 e. The van der Waals surface area contributed by atoms with Gasteiger partial charge in [-0.1, -0.05) is 12.1 Å². The molecule has 3 N–H and O–H groups in total. The highest BCUT2D eigenvalue weighted by atomic mass is 16.2. The van der Waals surface area contributed by atoms with E-state index in [1.54, 1.807) is 53.6 Å². The Morgan fingerprint density at radius 2 is 1.87 bits per heavy atom. The number of amides is 2. The molecule has 2 amide bonds. The number of anilines is 1. The van der Waals surface area contributed by atoms with Gasteiger partial charge in [0.15, 0.2) is 0 Å². The summed E-state index contributed by atoms with van der Waals surface area (Å²) in [4.78, 5) is 31.1. The Bertz CT molecular complexity index is 1080. The number of pyridine rings is 1. The van der Waals surface area contributed by atoms with Crippen molar-refractivity contribution >= 4 is 17.5 Å². The summed E-state index contributed by atoms with van der Waals surface area (Å²) in [7, 11) is 0. The predicted molar refractivity (Wildman–Crippen MR) is 118 cm³/mol. The van der Waals surface area contributed by atoms with Gasteiger partial charge in [0.05, 0.1) is 17.2 Å². The molecule has 0 fully saturated rings. The summed E-state index contributed by atoms with van der Waals surface area (Å²) in [5.74, 6) is -0.387. The van der Waals surface area contributed by atoms with Crippen LogP contribution < -0.4 is 11.1 Å². The number of rotatable bonds is 8. The van der Waals surface area contributed by atoms with Crippen molar-refractivity contribution in [3.63, 3.8) is 0 Å². The molecular weight excluding hydrogens is 390 g/mol. The lowest BCUT2D eigenvalue weighted by Gasteiger charge is -2.23. The second-order valence-corrected chi connectivity index (χ2v) is 6.95. The lowest BCUT2D eigenvalue weighted by Crippen LogP contribution is -2.32. The molecule has 3 aromatic rings. The largest absolute Gasteiger partial charge is 0.334 e. The minimum Gasteiger partial charge on any atom is -0.334 e. The molecule has 0 aliphatic heterocycles. The summed E-state index contributed by atoms with van der Waals surface area (Å²) in [6.07, 6.45) is 3.78. The van der Waals surface area contributed by atoms with Crippen LogP contribution in [0.25, 0.3) is 0 Å². The van der Waals surface area contributed by atoms with Crippen LogP contribution in [-0.4, -0.2) is 34.8 Å². The normalized spacial score (nSPS) is 10.2. The molecule has 31 heavy (non-hydrogen) atoms. The van der Waals surface area contributed by atoms with Crippen molar-refractivity contribution in [1.82, 2.24) is 9.88 Å². The fourth-order valence-corrected chi connectivity index (χ4v) is 3.07. The number of nitrogens with zero attached hydrogens (tertiary/aromatic N) is 3. The molecule has 0 saturated heterocycles. The van der Waals surface area contributed by atoms with Crippen LogP contribution in [0.5, 0.6) is 0 Å². The van der Waals surface area contributed by atoms with Crippen LogP contribution in [0.1, 0.15) is 38.3 Å². The third-order valence-electron chi connectivity index (χ3n) is 4.66. The van der Waals surface area contributed by atoms with Gasteiger partial charge in [0.2, 0.25) is 0 Å². The highest BCUT2D eigenvalue weighted by Gasteiger charge is 2.16. The zero-order valence-corrected chi connectivity index (χ0v) is 17.0. The molecular formula is C24H23N5O2. The molecule has 0 radical (unpaired) electrons. The summed E-state index contributed by atoms with van der Waals surface area (Å²) >= 11 is 0. The van der Waals surface area contributed by atoms with E-state index < -0.39 is 0 Å². The standard InChI is InChI=1S/C24H23N5O2/c25-11-3-13-29(24(31)20-9-7-18(15-26)8-10-20)17-19-4-1-6-22(14-19)28-23(30)21-5-2-12-27-16-21/h1-2,4-10,12,14,16H,3,11,13,17,25H2,(H,28,30). The Labute approximate surface area is 181 Å². The van der Waals surface area contributed by atoms with Crippen LogP contribution in [-0.2, 0) is 6.54 Å². The maximum atomic E-state index is 13.0. The molecule has 0 bridgehead atoms. The quantitative estimate of drug-likeness (QED) is 0.589. The average Bonchev–Trinajstić information content (AvgIpc) is 2.82. The Kier molecular flexibility index (Phi) is 7.46. The van der Waals surface area contributed by atoms with E-state index in [0.717, 1.165) is 5.56 Å². The zero-order valence-electron chi connectivity index (χ0n) is 17.0. The van der Waals surface area contributed by atoms with E-state index >= 15 is 0 Å². The Hall–Kier alpha value is -4.02. The number of nitrogens with two attached hydrogens (primary N) is 1. The smallest absolute Gasteiger partial charge is 0.257 e. The number of carbonyl (C=O) groups is 2. The first kappa shape index (κ1) is 21.7. The van der Waals surface area contributed by atoms with Gasteiger partial charge in [-0.05, 0) is 67.1 Å². The van der Waals surface area contributed by atoms with E-state index in [0.29, 0.717) is 48.4 Å². The molecule has 1 aromatic heterocycles. The molecule has 7 heteroatoms. The third-order valence-corrected chi connectivity index (χ3v) is 4.66. The first-order valence-electron chi connectivity index (χ1n) is 9.90. The number of hydrogen-bond acceptors (Lipinski definition) is 5. The monoisotopic (exact) mass is 413 g/mol. The van der Waals surface area contributed by atoms with Crippen molar-refractivity contribution in [3.05, 3.63) is 95.3 Å². The highest BCUT2D eigenvalue weighted by molar-refractivity contribution is 6.04. The Morgan fingerprint density at radius 3 is 2.55 bits per heavy atom. The number of hydrogen-bond donors (Lipinski definition) is 2. The van der Waals surface area contributed by atoms with Crippen molar-refractivity contribution in [1.29, 1.82) is 5.26 Å². The summed E-state index contributed by atoms with van der Waals surface area (Å²) < 4.78 is 0. The van der Waals surface area contributed by atoms with Gasteiger partial charge in [-0.2, -0.15) is 5.26 Å². The van der Waals surface area contributed by atoms with E-state index in [1.165, 1.54) is 6.20 Å². The Morgan fingerprint density at radius 1 is 1.06 bits per heavy atom. The molecule has 3 rings (SSSR count). The molecule has 0 aliphatic rings. The van der Waals surface area contributed by atoms with Crippen LogP contribution in [0.3, 0.4) is 0 Å². The predicted octanol–water partition coefficient (Wildman–Crippen LogP) is 3.20. The summed E-state index contributed by atoms with van der Waals surface area (Å²) in [6.45, 7) is 1.34. The molecule has 0 atom stereocenters. The number of carbonyl (C=O) groups excluding carboxylic acids is 2. The number of nitriles is 1. The number of nitrogens with one attached hydrogen (secondary N) is 1. The number of aromatic nitrogens is 1. The maximum absolute atomic E-state index is 13.0. The molecule has 0 aliphatic carbocycles. The van der Waals surface area contributed by atoms with Crippen molar-refractivity contribution in [2.24, 2.45) is 5.73 Å². The van der Waals surface area contributed by atoms with Crippen molar-refractivity contribution in [2.45, 2.75) is 13.0 Å². The van der Waals surface area contributed by atoms with E-state index in [4.69, 9.17) is 11.0 Å². The van der Waals surface area contributed by atoms with E-state index in [2.05, 4.69) is 16.4 Å². The minimum atomic E-state index is -0.251. The summed E-state index contributed by atoms with van der Waals surface area (Å²) in [6, 6.07) is 19.4. The SMILES string of the molecule is N#Cc1ccc(C(=O)N(CCCN)Cc2cccc(NC(=O)c3cccnc3)c2)cc1. The lowest BCUT2D eigenvalue weighted by atomic mass is 10.1. The van der Waals surface area contributed by atoms with E-state index in [1.807, 2.05) is 18.2 Å². The fraction of sp³-hybridized carbons (Fsp3) is 0.167. The third kappa shape index (κ3) is 5.98. The first-order chi connectivity index (χ1) is 15.1. The number of benzene rings is 2. The van der Waals surface area contributed by atoms with Gasteiger partial charge < -0.3 is 16.0 Å². The lowest BCUT2D eigenvalue weighted by molar-refractivity contribution is 0.0742. The van der Waals surface area contributed by atoms with Crippen LogP contribution in [0, 0.1) is 11.3 Å². The molecule has 1 heterocycles. The zero-order chi connectivity index (χ0) is 22.1. The van der Waals surface area contributed by atoms with Crippen LogP contribution in [0.4, 0.5) is 5.69 Å². The average molecular weight is 413 g/mol. The second-order valence-electron chi connectivity index (χ2n) is 6.95. The Balaban J connectivity index is 1.75. The molecule has 0 saturated carbocycles. The topological polar surface area (TPSA) is 112 Å². The molecule has 0 spiro atoms. The van der Waals surface area contributed by atoms with Gasteiger partial charge >= 0.3 is 0 Å². The second kappa shape index (κ2) is 10.7. The summed E-state index contributed by atoms with van der Waals surface area (Å²) in [5, 5.41) is 11.8. The van der Waals surface area contributed by atoms with Crippen LogP contribution >= 0.6 is 0 Å². The van der Waals surface area contributed by atoms with Gasteiger partial charge in [0, 0.05) is 36.7 Å². The van der Waals surface area contributed by atoms with Crippen LogP contribution in [0.2, 0.25) is 0 Å². The van der Waals surface area contributed by atoms with Gasteiger partial charge in [0.25, 0.3) is 11.8 Å². The first-order valence-corrected chi connectivity index (χ1v) is 9.90. The van der Waals surface area contributed by atoms with Crippen molar-refractivity contribution in [3.8, 4) is 6.07 Å². The van der Waals surface area contributed by atoms with Gasteiger partial charge in [-0.25, -0.2) is 0 Å². The van der Waals surface area contributed by atoms with E-state index in [-0.39, 0.29) is 11.8 Å². The minimum absolute atomic E-state index is 0.136.